The number of hydrogen-bond donors (Lipinski definition) is 5. The molecule has 4 atom stereocenters. The number of carboxylic acid groups (broad SMARTS) is 4. The first-order chi connectivity index (χ1) is 16.7. The van der Waals surface area contributed by atoms with E-state index in [2.05, 4.69) is 0 Å². The fraction of sp³-hybridized carbons (Fsp3) is 0.238. The van der Waals surface area contributed by atoms with E-state index in [-0.39, 0.29) is 0 Å². The van der Waals surface area contributed by atoms with Gasteiger partial charge in [-0.2, -0.15) is 0 Å². The summed E-state index contributed by atoms with van der Waals surface area (Å²) in [5.41, 5.74) is -6.75. The van der Waals surface area contributed by atoms with Gasteiger partial charge in [-0.1, -0.05) is 60.7 Å². The third kappa shape index (κ3) is 3.86. The third-order valence-corrected chi connectivity index (χ3v) is 5.96. The molecule has 15 heteroatoms. The van der Waals surface area contributed by atoms with E-state index in [4.69, 9.17) is 5.73 Å². The van der Waals surface area contributed by atoms with Gasteiger partial charge in [0.2, 0.25) is 5.54 Å². The van der Waals surface area contributed by atoms with Gasteiger partial charge in [0.05, 0.1) is 0 Å². The highest BCUT2D eigenvalue weighted by atomic mass is 16.6. The average Bonchev–Trinajstić information content (AvgIpc) is 2.79. The maximum atomic E-state index is 12.4. The molecule has 0 aliphatic heterocycles. The summed E-state index contributed by atoms with van der Waals surface area (Å²) in [6.07, 6.45) is -1.85. The van der Waals surface area contributed by atoms with Crippen molar-refractivity contribution < 1.29 is 49.5 Å². The minimum atomic E-state index is -3.79. The quantitative estimate of drug-likeness (QED) is 0.193. The van der Waals surface area contributed by atoms with Gasteiger partial charge in [0.1, 0.15) is 5.92 Å². The Balaban J connectivity index is 3.00. The van der Waals surface area contributed by atoms with Crippen LogP contribution in [0.3, 0.4) is 0 Å². The molecule has 3 unspecified atom stereocenters. The molecule has 0 spiro atoms. The van der Waals surface area contributed by atoms with Crippen LogP contribution in [-0.2, 0) is 30.3 Å². The first-order valence-corrected chi connectivity index (χ1v) is 9.84. The molecule has 0 radical (unpaired) electrons. The van der Waals surface area contributed by atoms with Gasteiger partial charge in [-0.25, -0.2) is 14.4 Å². The first-order valence-electron chi connectivity index (χ1n) is 9.84. The molecule has 0 saturated carbocycles. The van der Waals surface area contributed by atoms with Crippen LogP contribution in [0.5, 0.6) is 0 Å². The molecule has 2 aromatic rings. The van der Waals surface area contributed by atoms with E-state index in [1.165, 1.54) is 12.1 Å². The van der Waals surface area contributed by atoms with Crippen molar-refractivity contribution in [3.63, 3.8) is 0 Å². The molecule has 6 N–H and O–H groups in total. The van der Waals surface area contributed by atoms with E-state index in [9.17, 15) is 59.8 Å². The second kappa shape index (κ2) is 9.75. The van der Waals surface area contributed by atoms with Crippen molar-refractivity contribution in [2.24, 2.45) is 11.7 Å². The number of nitrogens with two attached hydrogens (primary N) is 1. The third-order valence-electron chi connectivity index (χ3n) is 5.96. The lowest BCUT2D eigenvalue weighted by Gasteiger charge is -2.38. The summed E-state index contributed by atoms with van der Waals surface area (Å²) in [5, 5.41) is 64.1. The molecule has 0 aliphatic carbocycles. The number of benzene rings is 2. The van der Waals surface area contributed by atoms with Crippen molar-refractivity contribution in [1.82, 2.24) is 0 Å². The maximum absolute atomic E-state index is 12.4. The monoisotopic (exact) mass is 505 g/mol. The van der Waals surface area contributed by atoms with Crippen LogP contribution in [0.25, 0.3) is 0 Å². The lowest BCUT2D eigenvalue weighted by Crippen LogP contribution is -2.72. The Morgan fingerprint density at radius 1 is 0.750 bits per heavy atom. The summed E-state index contributed by atoms with van der Waals surface area (Å²) in [7, 11) is 0. The molecule has 0 amide bonds. The van der Waals surface area contributed by atoms with E-state index < -0.39 is 73.8 Å². The molecule has 0 fully saturated rings. The van der Waals surface area contributed by atoms with Crippen LogP contribution in [0.15, 0.2) is 60.7 Å². The van der Waals surface area contributed by atoms with Crippen molar-refractivity contribution in [2.45, 2.75) is 23.0 Å². The zero-order valence-corrected chi connectivity index (χ0v) is 18.1. The van der Waals surface area contributed by atoms with Gasteiger partial charge in [-0.05, 0) is 0 Å². The summed E-state index contributed by atoms with van der Waals surface area (Å²) >= 11 is 0. The molecular formula is C21H19N3O12. The number of aliphatic carboxylic acids is 4. The molecule has 15 nitrogen and oxygen atoms in total. The molecule has 2 rings (SSSR count). The fourth-order valence-corrected chi connectivity index (χ4v) is 4.20. The van der Waals surface area contributed by atoms with E-state index in [1.54, 1.807) is 0 Å². The number of nitro groups is 2. The molecule has 0 bridgehead atoms. The van der Waals surface area contributed by atoms with Crippen LogP contribution in [0.4, 0.5) is 0 Å². The molecule has 0 aromatic heterocycles. The van der Waals surface area contributed by atoms with Gasteiger partial charge in [0, 0.05) is 27.4 Å². The van der Waals surface area contributed by atoms with Crippen LogP contribution < -0.4 is 5.73 Å². The number of carboxylic acids is 4. The Bertz CT molecular complexity index is 1190. The molecule has 0 aliphatic rings. The Kier molecular flexibility index (Phi) is 7.40. The van der Waals surface area contributed by atoms with E-state index >= 15 is 0 Å². The summed E-state index contributed by atoms with van der Waals surface area (Å²) in [5.74, 6) is -12.3. The number of rotatable bonds is 12. The van der Waals surface area contributed by atoms with Gasteiger partial charge in [0.15, 0.2) is 0 Å². The zero-order valence-electron chi connectivity index (χ0n) is 18.1. The van der Waals surface area contributed by atoms with Gasteiger partial charge >= 0.3 is 35.0 Å². The topological polar surface area (TPSA) is 261 Å². The molecule has 0 heterocycles. The van der Waals surface area contributed by atoms with Crippen molar-refractivity contribution >= 4 is 23.9 Å². The predicted octanol–water partition coefficient (Wildman–Crippen LogP) is 0.373. The van der Waals surface area contributed by atoms with E-state index in [0.717, 1.165) is 48.5 Å². The number of hydrogen-bond acceptors (Lipinski definition) is 9. The van der Waals surface area contributed by atoms with Crippen LogP contribution in [-0.4, -0.2) is 59.7 Å². The van der Waals surface area contributed by atoms with Gasteiger partial charge in [-0.3, -0.25) is 25.0 Å². The first kappa shape index (κ1) is 27.3. The summed E-state index contributed by atoms with van der Waals surface area (Å²) in [6, 6.07) is 10.7. The maximum Gasteiger partial charge on any atom is 0.390 e. The molecular weight excluding hydrogens is 486 g/mol. The lowest BCUT2D eigenvalue weighted by molar-refractivity contribution is -0.581. The van der Waals surface area contributed by atoms with Crippen LogP contribution >= 0.6 is 0 Å². The summed E-state index contributed by atoms with van der Waals surface area (Å²) in [4.78, 5) is 70.7. The van der Waals surface area contributed by atoms with Crippen molar-refractivity contribution in [3.05, 3.63) is 92.0 Å². The Hall–Kier alpha value is -4.92. The van der Waals surface area contributed by atoms with Crippen molar-refractivity contribution in [3.8, 4) is 0 Å². The van der Waals surface area contributed by atoms with E-state index in [0.29, 0.717) is 0 Å². The molecule has 36 heavy (non-hydrogen) atoms. The minimum absolute atomic E-state index is 0.718. The van der Waals surface area contributed by atoms with Gasteiger partial charge in [-0.15, -0.1) is 0 Å². The number of carbonyl (C=O) groups is 4. The predicted molar refractivity (Wildman–Crippen MR) is 116 cm³/mol. The normalized spacial score (nSPS) is 16.8. The van der Waals surface area contributed by atoms with Gasteiger partial charge in [0.25, 0.3) is 0 Å². The molecule has 0 saturated heterocycles. The molecule has 190 valence electrons. The fourth-order valence-electron chi connectivity index (χ4n) is 4.20. The average molecular weight is 505 g/mol. The van der Waals surface area contributed by atoms with Crippen molar-refractivity contribution in [1.29, 1.82) is 0 Å². The second-order valence-corrected chi connectivity index (χ2v) is 7.70. The van der Waals surface area contributed by atoms with Gasteiger partial charge < -0.3 is 26.2 Å². The lowest BCUT2D eigenvalue weighted by atomic mass is 9.64. The largest absolute Gasteiger partial charge is 0.481 e. The molecule has 2 aromatic carbocycles. The highest BCUT2D eigenvalue weighted by Crippen LogP contribution is 2.45. The number of nitrogens with zero attached hydrogens (tertiary/aromatic N) is 2. The minimum Gasteiger partial charge on any atom is -0.481 e. The summed E-state index contributed by atoms with van der Waals surface area (Å²) in [6.45, 7) is 0. The zero-order chi connectivity index (χ0) is 27.5. The summed E-state index contributed by atoms with van der Waals surface area (Å²) < 4.78 is 0. The van der Waals surface area contributed by atoms with Crippen LogP contribution in [0.1, 0.15) is 17.5 Å². The van der Waals surface area contributed by atoms with E-state index in [1.807, 2.05) is 0 Å². The standard InChI is InChI=1S/C21H19N3O12/c22-19(16(27)28,21(18(31)32,24(35)36)13-9-5-2-6-10-13)11-14(15(25)26)20(17(29)30,23(33)34)12-7-3-1-4-8-12/h1-10,14H,11,22H2,(H,25,26)(H,27,28)(H,29,30)(H,31,32)/t14?,19-,20?,21?/m0/s1. The highest BCUT2D eigenvalue weighted by molar-refractivity contribution is 5.94. The smallest absolute Gasteiger partial charge is 0.390 e. The Morgan fingerprint density at radius 2 is 1.19 bits per heavy atom. The second-order valence-electron chi connectivity index (χ2n) is 7.70. The highest BCUT2D eigenvalue weighted by Gasteiger charge is 2.75. The Morgan fingerprint density at radius 3 is 1.50 bits per heavy atom. The van der Waals surface area contributed by atoms with Crippen molar-refractivity contribution in [2.75, 3.05) is 0 Å². The van der Waals surface area contributed by atoms with Crippen LogP contribution in [0.2, 0.25) is 0 Å². The van der Waals surface area contributed by atoms with Crippen LogP contribution in [0, 0.1) is 26.1 Å². The Labute approximate surface area is 200 Å². The SMILES string of the molecule is N[C@@](CC(C(=O)O)C(C(=O)O)(c1ccccc1)[N+](=O)[O-])(C(=O)O)C(C(=O)O)(c1ccccc1)[N+](=O)[O-].